The molecule has 4 rings (SSSR count). The van der Waals surface area contributed by atoms with Crippen LogP contribution >= 0.6 is 11.8 Å². The number of aromatic nitrogens is 2. The number of rotatable bonds is 9. The third kappa shape index (κ3) is 4.65. The number of hydrogen-bond donors (Lipinski definition) is 2. The van der Waals surface area contributed by atoms with Gasteiger partial charge in [0.25, 0.3) is 5.91 Å². The van der Waals surface area contributed by atoms with Crippen molar-refractivity contribution in [2.75, 3.05) is 20.0 Å². The lowest BCUT2D eigenvalue weighted by Crippen LogP contribution is -2.12. The fraction of sp³-hybridized carbons (Fsp3) is 0.167. The minimum Gasteiger partial charge on any atom is -0.497 e. The Balaban J connectivity index is 1.60. The molecule has 0 aliphatic heterocycles. The number of methoxy groups -OCH3 is 2. The van der Waals surface area contributed by atoms with E-state index in [2.05, 4.69) is 4.98 Å². The number of hydrogen-bond acceptors (Lipinski definition) is 6. The van der Waals surface area contributed by atoms with Crippen LogP contribution in [0.3, 0.4) is 0 Å². The van der Waals surface area contributed by atoms with Crippen LogP contribution in [-0.2, 0) is 6.42 Å². The van der Waals surface area contributed by atoms with E-state index in [1.807, 2.05) is 48.5 Å². The van der Waals surface area contributed by atoms with Crippen LogP contribution in [0.2, 0.25) is 0 Å². The highest BCUT2D eigenvalue weighted by atomic mass is 32.2. The standard InChI is InChI=1S/C24H23N3O4S/c1-29-18-7-3-15(4-8-18)20-21(16-5-9-19(30-2)10-6-16)27-24(26-20)32-14-12-17-11-13-31-22(17)23(25)28/h3-11,13H,12,14H2,1-2H3,(H2,25,28)(H,26,27). The first-order chi connectivity index (χ1) is 15.6. The van der Waals surface area contributed by atoms with Gasteiger partial charge in [-0.3, -0.25) is 4.79 Å². The summed E-state index contributed by atoms with van der Waals surface area (Å²) in [4.78, 5) is 19.8. The van der Waals surface area contributed by atoms with Gasteiger partial charge in [0.15, 0.2) is 10.9 Å². The van der Waals surface area contributed by atoms with Crippen molar-refractivity contribution in [1.82, 2.24) is 9.97 Å². The Labute approximate surface area is 190 Å². The SMILES string of the molecule is COc1ccc(-c2nc(SCCc3ccoc3C(N)=O)[nH]c2-c2ccc(OC)cc2)cc1. The van der Waals surface area contributed by atoms with Crippen LogP contribution in [0.5, 0.6) is 11.5 Å². The van der Waals surface area contributed by atoms with Crippen LogP contribution in [0.1, 0.15) is 16.1 Å². The number of nitrogens with zero attached hydrogens (tertiary/aromatic N) is 1. The van der Waals surface area contributed by atoms with Gasteiger partial charge in [-0.15, -0.1) is 0 Å². The van der Waals surface area contributed by atoms with Gasteiger partial charge in [-0.05, 0) is 61.0 Å². The molecule has 1 amide bonds. The van der Waals surface area contributed by atoms with Crippen molar-refractivity contribution in [3.05, 3.63) is 72.2 Å². The Morgan fingerprint density at radius 3 is 2.22 bits per heavy atom. The van der Waals surface area contributed by atoms with E-state index < -0.39 is 5.91 Å². The molecule has 0 aliphatic carbocycles. The number of H-pyrrole nitrogens is 1. The van der Waals surface area contributed by atoms with Gasteiger partial charge >= 0.3 is 0 Å². The number of imidazole rings is 1. The molecule has 0 bridgehead atoms. The van der Waals surface area contributed by atoms with E-state index in [1.54, 1.807) is 32.0 Å². The second-order valence-corrected chi connectivity index (χ2v) is 8.04. The molecular formula is C24H23N3O4S. The Hall–Kier alpha value is -3.65. The van der Waals surface area contributed by atoms with Gasteiger partial charge in [0, 0.05) is 22.4 Å². The number of benzene rings is 2. The maximum Gasteiger partial charge on any atom is 0.284 e. The molecule has 0 saturated heterocycles. The maximum atomic E-state index is 11.5. The first kappa shape index (κ1) is 21.6. The second-order valence-electron chi connectivity index (χ2n) is 6.96. The summed E-state index contributed by atoms with van der Waals surface area (Å²) in [5.74, 6) is 1.94. The molecule has 2 aromatic heterocycles. The van der Waals surface area contributed by atoms with Crippen LogP contribution < -0.4 is 15.2 Å². The summed E-state index contributed by atoms with van der Waals surface area (Å²) >= 11 is 1.57. The van der Waals surface area contributed by atoms with Gasteiger partial charge in [-0.1, -0.05) is 11.8 Å². The number of primary amides is 1. The predicted octanol–water partition coefficient (Wildman–Crippen LogP) is 4.79. The quantitative estimate of drug-likeness (QED) is 0.356. The van der Waals surface area contributed by atoms with E-state index >= 15 is 0 Å². The maximum absolute atomic E-state index is 11.5. The lowest BCUT2D eigenvalue weighted by atomic mass is 10.0. The molecule has 0 atom stereocenters. The molecule has 0 spiro atoms. The molecule has 8 heteroatoms. The summed E-state index contributed by atoms with van der Waals surface area (Å²) in [7, 11) is 3.29. The van der Waals surface area contributed by atoms with Crippen molar-refractivity contribution in [1.29, 1.82) is 0 Å². The number of nitrogens with one attached hydrogen (secondary N) is 1. The molecule has 0 aliphatic rings. The summed E-state index contributed by atoms with van der Waals surface area (Å²) in [6.45, 7) is 0. The molecule has 2 heterocycles. The van der Waals surface area contributed by atoms with Crippen molar-refractivity contribution in [2.45, 2.75) is 11.6 Å². The molecule has 0 radical (unpaired) electrons. The number of aromatic amines is 1. The summed E-state index contributed by atoms with van der Waals surface area (Å²) in [6, 6.07) is 17.4. The molecular weight excluding hydrogens is 426 g/mol. The van der Waals surface area contributed by atoms with E-state index in [0.29, 0.717) is 12.2 Å². The van der Waals surface area contributed by atoms with E-state index in [4.69, 9.17) is 24.6 Å². The Bertz CT molecular complexity index is 1130. The van der Waals surface area contributed by atoms with Crippen LogP contribution in [0.15, 0.2) is 70.4 Å². The predicted molar refractivity (Wildman–Crippen MR) is 124 cm³/mol. The third-order valence-corrected chi connectivity index (χ3v) is 5.88. The van der Waals surface area contributed by atoms with Crippen molar-refractivity contribution in [3.63, 3.8) is 0 Å². The molecule has 7 nitrogen and oxygen atoms in total. The average Bonchev–Trinajstić information content (AvgIpc) is 3.47. The molecule has 32 heavy (non-hydrogen) atoms. The molecule has 2 aromatic carbocycles. The zero-order valence-corrected chi connectivity index (χ0v) is 18.6. The number of furan rings is 1. The highest BCUT2D eigenvalue weighted by Gasteiger charge is 2.16. The number of carbonyl (C=O) groups excluding carboxylic acids is 1. The van der Waals surface area contributed by atoms with E-state index in [-0.39, 0.29) is 5.76 Å². The molecule has 164 valence electrons. The lowest BCUT2D eigenvalue weighted by Gasteiger charge is -2.06. The molecule has 0 saturated carbocycles. The van der Waals surface area contributed by atoms with Gasteiger partial charge in [0.1, 0.15) is 11.5 Å². The van der Waals surface area contributed by atoms with Crippen LogP contribution in [-0.4, -0.2) is 35.8 Å². The van der Waals surface area contributed by atoms with Crippen LogP contribution in [0.25, 0.3) is 22.5 Å². The molecule has 0 unspecified atom stereocenters. The van der Waals surface area contributed by atoms with Gasteiger partial charge in [-0.2, -0.15) is 0 Å². The van der Waals surface area contributed by atoms with E-state index in [1.165, 1.54) is 6.26 Å². The number of carbonyl (C=O) groups is 1. The second kappa shape index (κ2) is 9.65. The number of thioether (sulfide) groups is 1. The van der Waals surface area contributed by atoms with Gasteiger partial charge < -0.3 is 24.6 Å². The topological polar surface area (TPSA) is 103 Å². The summed E-state index contributed by atoms with van der Waals surface area (Å²) in [6.07, 6.45) is 2.12. The average molecular weight is 450 g/mol. The van der Waals surface area contributed by atoms with Gasteiger partial charge in [0.05, 0.1) is 31.9 Å². The Kier molecular flexibility index (Phi) is 6.51. The van der Waals surface area contributed by atoms with E-state index in [9.17, 15) is 4.79 Å². The molecule has 3 N–H and O–H groups in total. The number of aryl methyl sites for hydroxylation is 1. The number of amides is 1. The Morgan fingerprint density at radius 1 is 1.00 bits per heavy atom. The normalized spacial score (nSPS) is 10.8. The zero-order chi connectivity index (χ0) is 22.5. The summed E-state index contributed by atoms with van der Waals surface area (Å²) in [5, 5.41) is 0.783. The number of ether oxygens (including phenoxy) is 2. The van der Waals surface area contributed by atoms with Crippen molar-refractivity contribution in [2.24, 2.45) is 5.73 Å². The minimum atomic E-state index is -0.559. The summed E-state index contributed by atoms with van der Waals surface area (Å²) < 4.78 is 15.7. The molecule has 0 fully saturated rings. The van der Waals surface area contributed by atoms with Gasteiger partial charge in [0.2, 0.25) is 0 Å². The zero-order valence-electron chi connectivity index (χ0n) is 17.8. The fourth-order valence-corrected chi connectivity index (χ4v) is 4.20. The largest absolute Gasteiger partial charge is 0.497 e. The smallest absolute Gasteiger partial charge is 0.284 e. The minimum absolute atomic E-state index is 0.211. The fourth-order valence-electron chi connectivity index (χ4n) is 3.35. The summed E-state index contributed by atoms with van der Waals surface area (Å²) in [5.41, 5.74) is 9.90. The van der Waals surface area contributed by atoms with Crippen LogP contribution in [0, 0.1) is 0 Å². The highest BCUT2D eigenvalue weighted by Crippen LogP contribution is 2.34. The van der Waals surface area contributed by atoms with E-state index in [0.717, 1.165) is 44.7 Å². The lowest BCUT2D eigenvalue weighted by molar-refractivity contribution is 0.0972. The first-order valence-corrected chi connectivity index (χ1v) is 11.0. The molecule has 4 aromatic rings. The van der Waals surface area contributed by atoms with Crippen LogP contribution in [0.4, 0.5) is 0 Å². The van der Waals surface area contributed by atoms with Crippen molar-refractivity contribution < 1.29 is 18.7 Å². The number of nitrogens with two attached hydrogens (primary N) is 1. The van der Waals surface area contributed by atoms with Gasteiger partial charge in [-0.25, -0.2) is 4.98 Å². The Morgan fingerprint density at radius 2 is 1.62 bits per heavy atom. The van der Waals surface area contributed by atoms with Crippen molar-refractivity contribution in [3.8, 4) is 34.0 Å². The van der Waals surface area contributed by atoms with Crippen molar-refractivity contribution >= 4 is 17.7 Å². The third-order valence-electron chi connectivity index (χ3n) is 5.00. The highest BCUT2D eigenvalue weighted by molar-refractivity contribution is 7.99. The first-order valence-electron chi connectivity index (χ1n) is 9.97. The monoisotopic (exact) mass is 449 g/mol.